The second kappa shape index (κ2) is 5.09. The van der Waals surface area contributed by atoms with Crippen LogP contribution in [0, 0.1) is 15.9 Å². The monoisotopic (exact) mass is 254 g/mol. The molecular weight excluding hydrogens is 243 g/mol. The lowest BCUT2D eigenvalue weighted by Gasteiger charge is -2.25. The molecule has 1 amide bonds. The van der Waals surface area contributed by atoms with Gasteiger partial charge >= 0.3 is 5.69 Å². The third-order valence-corrected chi connectivity index (χ3v) is 2.62. The van der Waals surface area contributed by atoms with Crippen LogP contribution in [0.4, 0.5) is 10.1 Å². The summed E-state index contributed by atoms with van der Waals surface area (Å²) in [6.07, 6.45) is 1.68. The number of hydrogen-bond donors (Lipinski definition) is 0. The Bertz CT molecular complexity index is 486. The molecule has 1 saturated heterocycles. The van der Waals surface area contributed by atoms with Crippen LogP contribution in [-0.4, -0.2) is 29.0 Å². The second-order valence-electron chi connectivity index (χ2n) is 3.87. The zero-order chi connectivity index (χ0) is 13.1. The molecule has 7 heteroatoms. The molecule has 1 aliphatic heterocycles. The zero-order valence-electron chi connectivity index (χ0n) is 9.47. The van der Waals surface area contributed by atoms with Crippen molar-refractivity contribution >= 4 is 11.6 Å². The van der Waals surface area contributed by atoms with Gasteiger partial charge in [0.15, 0.2) is 0 Å². The molecule has 0 bridgehead atoms. The summed E-state index contributed by atoms with van der Waals surface area (Å²) >= 11 is 0. The van der Waals surface area contributed by atoms with E-state index in [9.17, 15) is 19.3 Å². The average Bonchev–Trinajstić information content (AvgIpc) is 2.39. The third-order valence-electron chi connectivity index (χ3n) is 2.62. The Morgan fingerprint density at radius 3 is 2.83 bits per heavy atom. The fourth-order valence-corrected chi connectivity index (χ4v) is 1.69. The summed E-state index contributed by atoms with van der Waals surface area (Å²) in [5, 5.41) is 11.7. The largest absolute Gasteiger partial charge is 0.305 e. The van der Waals surface area contributed by atoms with Gasteiger partial charge in [-0.2, -0.15) is 4.39 Å². The van der Waals surface area contributed by atoms with E-state index in [1.54, 1.807) is 0 Å². The van der Waals surface area contributed by atoms with Gasteiger partial charge in [0.05, 0.1) is 11.5 Å². The third kappa shape index (κ3) is 2.45. The average molecular weight is 254 g/mol. The van der Waals surface area contributed by atoms with E-state index in [2.05, 4.69) is 0 Å². The van der Waals surface area contributed by atoms with Crippen molar-refractivity contribution in [2.24, 2.45) is 0 Å². The van der Waals surface area contributed by atoms with Crippen molar-refractivity contribution < 1.29 is 18.9 Å². The number of carbonyl (C=O) groups excluding carboxylic acids is 1. The van der Waals surface area contributed by atoms with Crippen molar-refractivity contribution in [3.05, 3.63) is 39.7 Å². The Kier molecular flexibility index (Phi) is 3.52. The van der Waals surface area contributed by atoms with E-state index in [1.807, 2.05) is 0 Å². The molecule has 1 aromatic rings. The first-order chi connectivity index (χ1) is 8.59. The number of hydroxylamine groups is 2. The first-order valence-electron chi connectivity index (χ1n) is 5.48. The van der Waals surface area contributed by atoms with E-state index in [0.29, 0.717) is 13.2 Å². The fourth-order valence-electron chi connectivity index (χ4n) is 1.69. The standard InChI is InChI=1S/C11H11FN2O4/c12-9-4-3-8(7-10(9)14(16)17)11(15)13-5-1-2-6-18-13/h3-4,7H,1-2,5-6H2. The number of hydrogen-bond acceptors (Lipinski definition) is 4. The Balaban J connectivity index is 2.24. The molecule has 1 fully saturated rings. The van der Waals surface area contributed by atoms with Gasteiger partial charge in [-0.1, -0.05) is 0 Å². The summed E-state index contributed by atoms with van der Waals surface area (Å²) in [6.45, 7) is 0.874. The first-order valence-corrected chi connectivity index (χ1v) is 5.48. The fraction of sp³-hybridized carbons (Fsp3) is 0.364. The van der Waals surface area contributed by atoms with Crippen LogP contribution in [-0.2, 0) is 4.84 Å². The highest BCUT2D eigenvalue weighted by atomic mass is 19.1. The van der Waals surface area contributed by atoms with E-state index in [-0.39, 0.29) is 5.56 Å². The molecule has 1 aliphatic rings. The normalized spacial score (nSPS) is 15.5. The summed E-state index contributed by atoms with van der Waals surface area (Å²) < 4.78 is 13.1. The Labute approximate surface area is 102 Å². The molecule has 0 N–H and O–H groups in total. The molecule has 0 aliphatic carbocycles. The van der Waals surface area contributed by atoms with Crippen LogP contribution in [0.15, 0.2) is 18.2 Å². The number of nitro groups is 1. The van der Waals surface area contributed by atoms with Gasteiger partial charge < -0.3 is 0 Å². The van der Waals surface area contributed by atoms with Crippen molar-refractivity contribution in [3.8, 4) is 0 Å². The lowest BCUT2D eigenvalue weighted by Crippen LogP contribution is -2.35. The zero-order valence-corrected chi connectivity index (χ0v) is 9.47. The molecule has 2 rings (SSSR count). The molecule has 0 atom stereocenters. The smallest absolute Gasteiger partial charge is 0.271 e. The predicted molar refractivity (Wildman–Crippen MR) is 59.3 cm³/mol. The lowest BCUT2D eigenvalue weighted by molar-refractivity contribution is -0.387. The van der Waals surface area contributed by atoms with Gasteiger partial charge in [-0.25, -0.2) is 5.06 Å². The van der Waals surface area contributed by atoms with Crippen LogP contribution in [0.5, 0.6) is 0 Å². The van der Waals surface area contributed by atoms with Gasteiger partial charge in [-0.15, -0.1) is 0 Å². The molecule has 0 saturated carbocycles. The molecule has 1 aromatic carbocycles. The maximum absolute atomic E-state index is 13.1. The summed E-state index contributed by atoms with van der Waals surface area (Å²) in [6, 6.07) is 3.05. The summed E-state index contributed by atoms with van der Waals surface area (Å²) in [7, 11) is 0. The molecular formula is C11H11FN2O4. The number of carbonyl (C=O) groups is 1. The molecule has 6 nitrogen and oxygen atoms in total. The van der Waals surface area contributed by atoms with E-state index >= 15 is 0 Å². The van der Waals surface area contributed by atoms with Gasteiger partial charge in [-0.05, 0) is 25.0 Å². The Hall–Kier alpha value is -2.02. The van der Waals surface area contributed by atoms with Crippen LogP contribution in [0.1, 0.15) is 23.2 Å². The molecule has 0 unspecified atom stereocenters. The van der Waals surface area contributed by atoms with E-state index in [1.165, 1.54) is 6.07 Å². The summed E-state index contributed by atoms with van der Waals surface area (Å²) in [5.41, 5.74) is -0.664. The second-order valence-corrected chi connectivity index (χ2v) is 3.87. The van der Waals surface area contributed by atoms with Crippen molar-refractivity contribution in [2.45, 2.75) is 12.8 Å². The SMILES string of the molecule is O=C(c1ccc(F)c([N+](=O)[O-])c1)N1CCCCO1. The van der Waals surface area contributed by atoms with E-state index in [4.69, 9.17) is 4.84 Å². The number of amides is 1. The van der Waals surface area contributed by atoms with E-state index in [0.717, 1.165) is 30.0 Å². The number of benzene rings is 1. The minimum absolute atomic E-state index is 0.0463. The quantitative estimate of drug-likeness (QED) is 0.596. The van der Waals surface area contributed by atoms with Gasteiger partial charge in [0.1, 0.15) is 0 Å². The van der Waals surface area contributed by atoms with Gasteiger partial charge in [-0.3, -0.25) is 19.7 Å². The maximum atomic E-state index is 13.1. The molecule has 0 spiro atoms. The highest BCUT2D eigenvalue weighted by Crippen LogP contribution is 2.20. The molecule has 0 aromatic heterocycles. The number of nitrogens with zero attached hydrogens (tertiary/aromatic N) is 2. The van der Waals surface area contributed by atoms with Crippen LogP contribution >= 0.6 is 0 Å². The molecule has 0 radical (unpaired) electrons. The molecule has 1 heterocycles. The van der Waals surface area contributed by atoms with Gasteiger partial charge in [0.25, 0.3) is 5.91 Å². The summed E-state index contributed by atoms with van der Waals surface area (Å²) in [5.74, 6) is -1.45. The predicted octanol–water partition coefficient (Wildman–Crippen LogP) is 1.90. The minimum Gasteiger partial charge on any atom is -0.271 e. The van der Waals surface area contributed by atoms with Crippen molar-refractivity contribution in [1.29, 1.82) is 0 Å². The highest BCUT2D eigenvalue weighted by Gasteiger charge is 2.23. The van der Waals surface area contributed by atoms with Crippen LogP contribution in [0.25, 0.3) is 0 Å². The maximum Gasteiger partial charge on any atom is 0.305 e. The van der Waals surface area contributed by atoms with Crippen LogP contribution in [0.2, 0.25) is 0 Å². The Morgan fingerprint density at radius 1 is 1.44 bits per heavy atom. The lowest BCUT2D eigenvalue weighted by atomic mass is 10.1. The Morgan fingerprint density at radius 2 is 2.22 bits per heavy atom. The van der Waals surface area contributed by atoms with Gasteiger partial charge in [0.2, 0.25) is 5.82 Å². The van der Waals surface area contributed by atoms with Crippen molar-refractivity contribution in [2.75, 3.05) is 13.2 Å². The van der Waals surface area contributed by atoms with Gasteiger partial charge in [0, 0.05) is 18.2 Å². The number of halogens is 1. The highest BCUT2D eigenvalue weighted by molar-refractivity contribution is 5.94. The van der Waals surface area contributed by atoms with Crippen molar-refractivity contribution in [3.63, 3.8) is 0 Å². The molecule has 96 valence electrons. The van der Waals surface area contributed by atoms with Crippen LogP contribution in [0.3, 0.4) is 0 Å². The van der Waals surface area contributed by atoms with Crippen LogP contribution < -0.4 is 0 Å². The number of nitro benzene ring substituents is 1. The topological polar surface area (TPSA) is 72.7 Å². The molecule has 18 heavy (non-hydrogen) atoms. The first kappa shape index (κ1) is 12.4. The number of rotatable bonds is 2. The summed E-state index contributed by atoms with van der Waals surface area (Å²) in [4.78, 5) is 26.8. The minimum atomic E-state index is -0.962. The van der Waals surface area contributed by atoms with Crippen molar-refractivity contribution in [1.82, 2.24) is 5.06 Å². The van der Waals surface area contributed by atoms with E-state index < -0.39 is 22.3 Å².